The number of fused-ring (bicyclic) bond motifs is 1. The van der Waals surface area contributed by atoms with E-state index >= 15 is 0 Å². The van der Waals surface area contributed by atoms with Crippen LogP contribution in [-0.2, 0) is 36.2 Å². The number of carbonyl (C=O) groups excluding carboxylic acids is 5. The Labute approximate surface area is 340 Å². The van der Waals surface area contributed by atoms with Gasteiger partial charge in [-0.3, -0.25) is 34.7 Å². The van der Waals surface area contributed by atoms with Crippen molar-refractivity contribution in [3.63, 3.8) is 0 Å². The van der Waals surface area contributed by atoms with E-state index in [-0.39, 0.29) is 57.8 Å². The number of imide groups is 2. The second kappa shape index (κ2) is 16.4. The minimum Gasteiger partial charge on any atom is -0.487 e. The number of anilines is 1. The van der Waals surface area contributed by atoms with E-state index in [9.17, 15) is 46.4 Å². The first-order valence-electron chi connectivity index (χ1n) is 17.6. The minimum absolute atomic E-state index is 0.0206. The Morgan fingerprint density at radius 1 is 1.00 bits per heavy atom. The molecule has 20 heteroatoms. The van der Waals surface area contributed by atoms with Crippen LogP contribution >= 0.6 is 11.6 Å². The van der Waals surface area contributed by atoms with E-state index in [0.717, 1.165) is 22.8 Å². The molecule has 0 bridgehead atoms. The molecule has 4 aromatic rings. The first kappa shape index (κ1) is 42.1. The summed E-state index contributed by atoms with van der Waals surface area (Å²) in [7, 11) is -3.60. The van der Waals surface area contributed by atoms with Crippen molar-refractivity contribution in [1.82, 2.24) is 20.2 Å². The number of amides is 5. The van der Waals surface area contributed by atoms with Gasteiger partial charge < -0.3 is 14.2 Å². The lowest BCUT2D eigenvalue weighted by Crippen LogP contribution is -2.54. The van der Waals surface area contributed by atoms with E-state index in [1.54, 1.807) is 24.3 Å². The molecule has 0 aliphatic carbocycles. The smallest absolute Gasteiger partial charge is 0.411 e. The summed E-state index contributed by atoms with van der Waals surface area (Å²) in [6.07, 6.45) is 0.882. The van der Waals surface area contributed by atoms with Crippen LogP contribution in [0, 0.1) is 11.3 Å². The average Bonchev–Trinajstić information content (AvgIpc) is 3.43. The van der Waals surface area contributed by atoms with Gasteiger partial charge in [-0.15, -0.1) is 0 Å². The van der Waals surface area contributed by atoms with Crippen LogP contribution in [0.15, 0.2) is 72.0 Å². The fourth-order valence-corrected chi connectivity index (χ4v) is 7.01. The van der Waals surface area contributed by atoms with Gasteiger partial charge in [0.1, 0.15) is 24.5 Å². The lowest BCUT2D eigenvalue weighted by molar-refractivity contribution is -0.136. The third kappa shape index (κ3) is 9.29. The number of carbonyl (C=O) groups is 5. The molecular weight excluding hydrogens is 818 g/mol. The Morgan fingerprint density at radius 2 is 1.71 bits per heavy atom. The Balaban J connectivity index is 1.04. The zero-order valence-corrected chi connectivity index (χ0v) is 32.9. The molecule has 1 fully saturated rings. The normalized spacial score (nSPS) is 15.6. The van der Waals surface area contributed by atoms with Crippen LogP contribution in [0.3, 0.4) is 0 Å². The molecule has 0 radical (unpaired) electrons. The number of benzene rings is 3. The first-order chi connectivity index (χ1) is 27.8. The number of sulfone groups is 1. The van der Waals surface area contributed by atoms with Crippen molar-refractivity contribution in [1.29, 1.82) is 5.26 Å². The zero-order chi connectivity index (χ0) is 42.9. The maximum absolute atomic E-state index is 14.9. The highest BCUT2D eigenvalue weighted by Gasteiger charge is 2.45. The van der Waals surface area contributed by atoms with Crippen molar-refractivity contribution >= 4 is 56.8 Å². The number of nitrogens with one attached hydrogen (secondary N) is 2. The SMILES string of the molecule is CC(C)(c1ccc(OCc2ccnc(S(C)(=O)=O)n2)cc1)c1cc(Cl)c(OCC(F)(F)COC(=O)Nc2ccc3c(c2)C(=O)N(C2CCC(=O)NC2=O)C3=O)c(C#N)c1. The van der Waals surface area contributed by atoms with Gasteiger partial charge in [0.2, 0.25) is 26.8 Å². The van der Waals surface area contributed by atoms with Crippen LogP contribution in [0.5, 0.6) is 11.5 Å². The highest BCUT2D eigenvalue weighted by molar-refractivity contribution is 7.90. The van der Waals surface area contributed by atoms with E-state index in [1.807, 2.05) is 19.9 Å². The molecule has 306 valence electrons. The van der Waals surface area contributed by atoms with E-state index < -0.39 is 70.2 Å². The quantitative estimate of drug-likeness (QED) is 0.134. The summed E-state index contributed by atoms with van der Waals surface area (Å²) in [5.41, 5.74) is 0.526. The van der Waals surface area contributed by atoms with Crippen molar-refractivity contribution in [3.8, 4) is 17.6 Å². The number of rotatable bonds is 13. The second-order valence-corrected chi connectivity index (χ2v) is 16.4. The van der Waals surface area contributed by atoms with Crippen LogP contribution in [0.4, 0.5) is 19.3 Å². The molecular formula is C39H33ClF2N6O10S. The lowest BCUT2D eigenvalue weighted by atomic mass is 9.77. The monoisotopic (exact) mass is 850 g/mol. The first-order valence-corrected chi connectivity index (χ1v) is 19.8. The molecule has 1 aromatic heterocycles. The van der Waals surface area contributed by atoms with Gasteiger partial charge >= 0.3 is 12.0 Å². The molecule has 1 unspecified atom stereocenters. The van der Waals surface area contributed by atoms with E-state index in [1.165, 1.54) is 36.5 Å². The number of nitriles is 1. The van der Waals surface area contributed by atoms with Crippen molar-refractivity contribution in [2.24, 2.45) is 0 Å². The summed E-state index contributed by atoms with van der Waals surface area (Å²) in [5, 5.41) is 13.8. The van der Waals surface area contributed by atoms with Crippen LogP contribution < -0.4 is 20.1 Å². The lowest BCUT2D eigenvalue weighted by Gasteiger charge is -2.27. The van der Waals surface area contributed by atoms with Crippen LogP contribution in [0.2, 0.25) is 5.02 Å². The topological polar surface area (TPSA) is 224 Å². The summed E-state index contributed by atoms with van der Waals surface area (Å²) < 4.78 is 69.2. The molecule has 59 heavy (non-hydrogen) atoms. The Bertz CT molecular complexity index is 2550. The van der Waals surface area contributed by atoms with Crippen molar-refractivity contribution in [2.45, 2.75) is 55.8 Å². The number of hydrogen-bond donors (Lipinski definition) is 2. The standard InChI is InChI=1S/C39H33ClF2N6O10S/c1-38(2,22-4-7-26(8-5-22)56-18-25-12-13-44-36(45-25)59(3,54)55)23-14-21(17-43)32(29(40)15-23)57-19-39(41,42)20-58-37(53)46-24-6-9-27-28(16-24)35(52)48(34(27)51)30-10-11-31(49)47-33(30)50/h4-9,12-16,30H,10-11,18-20H2,1-3H3,(H,46,53)(H,47,49,50). The average molecular weight is 851 g/mol. The Hall–Kier alpha value is -6.52. The molecule has 2 N–H and O–H groups in total. The molecule has 2 aliphatic rings. The number of aromatic nitrogens is 2. The van der Waals surface area contributed by atoms with E-state index in [0.29, 0.717) is 17.0 Å². The van der Waals surface area contributed by atoms with Gasteiger partial charge in [0.15, 0.2) is 19.0 Å². The summed E-state index contributed by atoms with van der Waals surface area (Å²) in [5.74, 6) is -6.54. The summed E-state index contributed by atoms with van der Waals surface area (Å²) in [6, 6.07) is 15.7. The molecule has 3 heterocycles. The second-order valence-electron chi connectivity index (χ2n) is 14.0. The summed E-state index contributed by atoms with van der Waals surface area (Å²) in [4.78, 5) is 70.7. The molecule has 1 atom stereocenters. The molecule has 0 saturated carbocycles. The molecule has 2 aliphatic heterocycles. The number of piperidine rings is 1. The number of ether oxygens (including phenoxy) is 3. The van der Waals surface area contributed by atoms with E-state index in [4.69, 9.17) is 25.8 Å². The molecule has 0 spiro atoms. The summed E-state index contributed by atoms with van der Waals surface area (Å²) in [6.45, 7) is 0.922. The number of hydrogen-bond acceptors (Lipinski definition) is 13. The molecule has 1 saturated heterocycles. The fourth-order valence-electron chi connectivity index (χ4n) is 6.20. The molecule has 5 amide bonds. The maximum Gasteiger partial charge on any atom is 0.411 e. The Morgan fingerprint density at radius 3 is 2.39 bits per heavy atom. The number of nitrogens with zero attached hydrogens (tertiary/aromatic N) is 4. The molecule has 3 aromatic carbocycles. The minimum atomic E-state index is -3.76. The van der Waals surface area contributed by atoms with Crippen LogP contribution in [0.1, 0.15) is 69.8 Å². The van der Waals surface area contributed by atoms with Gasteiger partial charge in [-0.2, -0.15) is 14.0 Å². The third-order valence-electron chi connectivity index (χ3n) is 9.40. The Kier molecular flexibility index (Phi) is 11.7. The van der Waals surface area contributed by atoms with Crippen LogP contribution in [-0.4, -0.2) is 84.4 Å². The van der Waals surface area contributed by atoms with Crippen LogP contribution in [0.25, 0.3) is 0 Å². The number of halogens is 3. The van der Waals surface area contributed by atoms with Crippen molar-refractivity contribution in [3.05, 3.63) is 105 Å². The molecule has 6 rings (SSSR count). The van der Waals surface area contributed by atoms with E-state index in [2.05, 4.69) is 20.6 Å². The predicted octanol–water partition coefficient (Wildman–Crippen LogP) is 4.97. The maximum atomic E-state index is 14.9. The van der Waals surface area contributed by atoms with Crippen molar-refractivity contribution < 1.29 is 55.4 Å². The largest absolute Gasteiger partial charge is 0.487 e. The van der Waals surface area contributed by atoms with Gasteiger partial charge in [0.25, 0.3) is 11.8 Å². The zero-order valence-electron chi connectivity index (χ0n) is 31.4. The van der Waals surface area contributed by atoms with Gasteiger partial charge in [-0.25, -0.2) is 23.2 Å². The highest BCUT2D eigenvalue weighted by Crippen LogP contribution is 2.39. The van der Waals surface area contributed by atoms with Gasteiger partial charge in [0.05, 0.1) is 27.4 Å². The van der Waals surface area contributed by atoms with Crippen molar-refractivity contribution in [2.75, 3.05) is 24.8 Å². The number of alkyl halides is 2. The fraction of sp³-hybridized carbons (Fsp3) is 0.282. The third-order valence-corrected chi connectivity index (χ3v) is 10.5. The van der Waals surface area contributed by atoms with Gasteiger partial charge in [0, 0.05) is 30.0 Å². The predicted molar refractivity (Wildman–Crippen MR) is 203 cm³/mol. The van der Waals surface area contributed by atoms with Gasteiger partial charge in [-0.1, -0.05) is 37.6 Å². The van der Waals surface area contributed by atoms with Gasteiger partial charge in [-0.05, 0) is 66.1 Å². The summed E-state index contributed by atoms with van der Waals surface area (Å²) >= 11 is 6.48. The highest BCUT2D eigenvalue weighted by atomic mass is 35.5. The molecule has 16 nitrogen and oxygen atoms in total.